The zero-order valence-corrected chi connectivity index (χ0v) is 12.3. The topological polar surface area (TPSA) is 102 Å². The second-order valence-electron chi connectivity index (χ2n) is 4.39. The van der Waals surface area contributed by atoms with Crippen molar-refractivity contribution in [3.63, 3.8) is 0 Å². The largest absolute Gasteiger partial charge is 0.507 e. The predicted molar refractivity (Wildman–Crippen MR) is 82.6 cm³/mol. The van der Waals surface area contributed by atoms with Crippen molar-refractivity contribution < 1.29 is 19.4 Å². The Morgan fingerprint density at radius 3 is 2.59 bits per heavy atom. The first-order valence-corrected chi connectivity index (χ1v) is 6.58. The molecule has 6 nitrogen and oxygen atoms in total. The molecule has 0 atom stereocenters. The van der Waals surface area contributed by atoms with Crippen LogP contribution in [0.4, 0.5) is 5.69 Å². The number of rotatable bonds is 4. The van der Waals surface area contributed by atoms with Crippen LogP contribution in [-0.4, -0.2) is 24.0 Å². The Morgan fingerprint density at radius 2 is 1.95 bits per heavy atom. The first kappa shape index (κ1) is 15.7. The van der Waals surface area contributed by atoms with Crippen molar-refractivity contribution in [1.29, 1.82) is 0 Å². The van der Waals surface area contributed by atoms with E-state index < -0.39 is 11.8 Å². The van der Waals surface area contributed by atoms with Crippen LogP contribution in [0.5, 0.6) is 11.5 Å². The lowest BCUT2D eigenvalue weighted by Gasteiger charge is -2.12. The minimum atomic E-state index is -0.635. The number of carbonyl (C=O) groups is 2. The number of hydrogen-bond donors (Lipinski definition) is 3. The van der Waals surface area contributed by atoms with E-state index in [4.69, 9.17) is 22.1 Å². The third kappa shape index (κ3) is 3.29. The molecule has 0 aliphatic carbocycles. The number of nitrogens with two attached hydrogens (primary N) is 1. The average Bonchev–Trinajstić information content (AvgIpc) is 2.49. The third-order valence-electron chi connectivity index (χ3n) is 2.94. The molecular formula is C15H13ClN2O4. The summed E-state index contributed by atoms with van der Waals surface area (Å²) >= 11 is 5.81. The zero-order chi connectivity index (χ0) is 16.3. The Balaban J connectivity index is 2.36. The molecule has 0 fully saturated rings. The van der Waals surface area contributed by atoms with Crippen molar-refractivity contribution in [2.45, 2.75) is 0 Å². The summed E-state index contributed by atoms with van der Waals surface area (Å²) in [5.74, 6) is -1.10. The van der Waals surface area contributed by atoms with Crippen LogP contribution in [-0.2, 0) is 0 Å². The number of methoxy groups -OCH3 is 1. The fourth-order valence-electron chi connectivity index (χ4n) is 1.84. The van der Waals surface area contributed by atoms with Gasteiger partial charge in [-0.15, -0.1) is 0 Å². The van der Waals surface area contributed by atoms with Crippen LogP contribution in [0, 0.1) is 0 Å². The zero-order valence-electron chi connectivity index (χ0n) is 11.6. The van der Waals surface area contributed by atoms with Gasteiger partial charge in [0.05, 0.1) is 18.4 Å². The fourth-order valence-corrected chi connectivity index (χ4v) is 2.01. The second-order valence-corrected chi connectivity index (χ2v) is 4.83. The van der Waals surface area contributed by atoms with E-state index in [0.29, 0.717) is 10.8 Å². The molecule has 0 bridgehead atoms. The Bertz CT molecular complexity index is 746. The van der Waals surface area contributed by atoms with Crippen molar-refractivity contribution in [3.8, 4) is 11.5 Å². The average molecular weight is 321 g/mol. The van der Waals surface area contributed by atoms with Gasteiger partial charge in [0.1, 0.15) is 11.5 Å². The van der Waals surface area contributed by atoms with E-state index in [1.807, 2.05) is 0 Å². The molecule has 2 rings (SSSR count). The van der Waals surface area contributed by atoms with Gasteiger partial charge in [0, 0.05) is 10.6 Å². The lowest BCUT2D eigenvalue weighted by Crippen LogP contribution is -2.15. The maximum absolute atomic E-state index is 12.2. The maximum atomic E-state index is 12.2. The molecule has 0 unspecified atom stereocenters. The van der Waals surface area contributed by atoms with Crippen LogP contribution in [0.25, 0.3) is 0 Å². The first-order chi connectivity index (χ1) is 10.4. The van der Waals surface area contributed by atoms with Gasteiger partial charge in [0.25, 0.3) is 5.91 Å². The molecule has 0 spiro atoms. The number of primary amides is 1. The molecule has 114 valence electrons. The summed E-state index contributed by atoms with van der Waals surface area (Å²) in [4.78, 5) is 23.5. The maximum Gasteiger partial charge on any atom is 0.259 e. The number of anilines is 1. The fraction of sp³-hybridized carbons (Fsp3) is 0.0667. The summed E-state index contributed by atoms with van der Waals surface area (Å²) in [7, 11) is 1.42. The highest BCUT2D eigenvalue weighted by Gasteiger charge is 2.15. The molecule has 2 amide bonds. The minimum Gasteiger partial charge on any atom is -0.507 e. The Labute approximate surface area is 131 Å². The van der Waals surface area contributed by atoms with Crippen LogP contribution in [0.15, 0.2) is 36.4 Å². The number of carbonyl (C=O) groups excluding carboxylic acids is 2. The van der Waals surface area contributed by atoms with Crippen LogP contribution >= 0.6 is 11.6 Å². The third-order valence-corrected chi connectivity index (χ3v) is 3.17. The van der Waals surface area contributed by atoms with E-state index in [-0.39, 0.29) is 22.6 Å². The van der Waals surface area contributed by atoms with Crippen molar-refractivity contribution in [2.75, 3.05) is 12.4 Å². The van der Waals surface area contributed by atoms with E-state index in [1.54, 1.807) is 0 Å². The summed E-state index contributed by atoms with van der Waals surface area (Å²) in [6, 6.07) is 8.48. The summed E-state index contributed by atoms with van der Waals surface area (Å²) in [6.45, 7) is 0. The molecule has 0 aromatic heterocycles. The molecule has 0 radical (unpaired) electrons. The Hall–Kier alpha value is -2.73. The molecule has 0 aliphatic heterocycles. The molecule has 7 heteroatoms. The van der Waals surface area contributed by atoms with Crippen molar-refractivity contribution in [1.82, 2.24) is 0 Å². The number of benzene rings is 2. The number of phenolic OH excluding ortho intramolecular Hbond substituents is 1. The minimum absolute atomic E-state index is 0.000897. The molecule has 0 aliphatic rings. The number of nitrogens with one attached hydrogen (secondary N) is 1. The van der Waals surface area contributed by atoms with Crippen LogP contribution in [0.1, 0.15) is 20.7 Å². The van der Waals surface area contributed by atoms with Gasteiger partial charge in [-0.05, 0) is 36.4 Å². The van der Waals surface area contributed by atoms with Gasteiger partial charge in [-0.3, -0.25) is 9.59 Å². The van der Waals surface area contributed by atoms with Crippen LogP contribution in [0.3, 0.4) is 0 Å². The van der Waals surface area contributed by atoms with Crippen molar-refractivity contribution in [2.24, 2.45) is 5.73 Å². The molecule has 22 heavy (non-hydrogen) atoms. The van der Waals surface area contributed by atoms with Gasteiger partial charge < -0.3 is 20.9 Å². The highest BCUT2D eigenvalue weighted by molar-refractivity contribution is 6.31. The Kier molecular flexibility index (Phi) is 4.53. The highest BCUT2D eigenvalue weighted by atomic mass is 35.5. The number of ether oxygens (including phenoxy) is 1. The van der Waals surface area contributed by atoms with Gasteiger partial charge >= 0.3 is 0 Å². The SMILES string of the molecule is COc1ccc(C(N)=O)cc1NC(=O)c1cc(Cl)ccc1O. The van der Waals surface area contributed by atoms with E-state index in [0.717, 1.165) is 0 Å². The number of aromatic hydroxyl groups is 1. The van der Waals surface area contributed by atoms with Crippen molar-refractivity contribution >= 4 is 29.1 Å². The molecule has 0 saturated carbocycles. The molecular weight excluding hydrogens is 308 g/mol. The number of phenols is 1. The summed E-state index contributed by atoms with van der Waals surface area (Å²) in [6.07, 6.45) is 0. The molecule has 4 N–H and O–H groups in total. The van der Waals surface area contributed by atoms with E-state index in [1.165, 1.54) is 43.5 Å². The van der Waals surface area contributed by atoms with Gasteiger partial charge in [0.2, 0.25) is 5.91 Å². The van der Waals surface area contributed by atoms with Gasteiger partial charge in [0.15, 0.2) is 0 Å². The summed E-state index contributed by atoms with van der Waals surface area (Å²) in [5.41, 5.74) is 5.68. The van der Waals surface area contributed by atoms with E-state index >= 15 is 0 Å². The van der Waals surface area contributed by atoms with Crippen molar-refractivity contribution in [3.05, 3.63) is 52.5 Å². The smallest absolute Gasteiger partial charge is 0.259 e. The van der Waals surface area contributed by atoms with Gasteiger partial charge in [-0.2, -0.15) is 0 Å². The van der Waals surface area contributed by atoms with E-state index in [2.05, 4.69) is 5.32 Å². The van der Waals surface area contributed by atoms with Crippen LogP contribution in [0.2, 0.25) is 5.02 Å². The molecule has 0 saturated heterocycles. The lowest BCUT2D eigenvalue weighted by atomic mass is 10.1. The van der Waals surface area contributed by atoms with E-state index in [9.17, 15) is 14.7 Å². The normalized spacial score (nSPS) is 10.1. The standard InChI is InChI=1S/C15H13ClN2O4/c1-22-13-5-2-8(14(17)20)6-11(13)18-15(21)10-7-9(16)3-4-12(10)19/h2-7,19H,1H3,(H2,17,20)(H,18,21). The number of halogens is 1. The quantitative estimate of drug-likeness (QED) is 0.805. The number of amides is 2. The predicted octanol–water partition coefficient (Wildman–Crippen LogP) is 2.41. The second kappa shape index (κ2) is 6.36. The Morgan fingerprint density at radius 1 is 1.23 bits per heavy atom. The number of hydrogen-bond acceptors (Lipinski definition) is 4. The van der Waals surface area contributed by atoms with Crippen LogP contribution < -0.4 is 15.8 Å². The molecule has 2 aromatic carbocycles. The highest BCUT2D eigenvalue weighted by Crippen LogP contribution is 2.28. The first-order valence-electron chi connectivity index (χ1n) is 6.20. The molecule has 0 heterocycles. The summed E-state index contributed by atoms with van der Waals surface area (Å²) < 4.78 is 5.12. The summed E-state index contributed by atoms with van der Waals surface area (Å²) in [5, 5.41) is 12.6. The monoisotopic (exact) mass is 320 g/mol. The van der Waals surface area contributed by atoms with Gasteiger partial charge in [-0.25, -0.2) is 0 Å². The van der Waals surface area contributed by atoms with Gasteiger partial charge in [-0.1, -0.05) is 11.6 Å². The lowest BCUT2D eigenvalue weighted by molar-refractivity contribution is 0.0995. The molecule has 2 aromatic rings.